The molecule has 0 saturated heterocycles. The molecule has 0 fully saturated rings. The van der Waals surface area contributed by atoms with Gasteiger partial charge in [-0.2, -0.15) is 17.6 Å². The zero-order valence-electron chi connectivity index (χ0n) is 20.0. The Balaban J connectivity index is 1.57. The molecule has 0 aliphatic rings. The molecule has 1 unspecified atom stereocenters. The van der Waals surface area contributed by atoms with Crippen LogP contribution in [0, 0.1) is 11.4 Å². The van der Waals surface area contributed by atoms with Crippen LogP contribution in [-0.4, -0.2) is 43.3 Å². The van der Waals surface area contributed by atoms with Crippen LogP contribution in [0.4, 0.5) is 27.5 Å². The van der Waals surface area contributed by atoms with Gasteiger partial charge in [0.1, 0.15) is 0 Å². The zero-order valence-corrected chi connectivity index (χ0v) is 20.9. The number of aromatic nitrogens is 4. The highest BCUT2D eigenvalue weighted by Crippen LogP contribution is 2.37. The Kier molecular flexibility index (Phi) is 7.09. The number of benzene rings is 1. The van der Waals surface area contributed by atoms with E-state index in [9.17, 15) is 27.5 Å². The molecule has 4 rings (SSSR count). The number of amides is 1. The normalized spacial score (nSPS) is 13.9. The first-order valence-electron chi connectivity index (χ1n) is 11.2. The van der Waals surface area contributed by atoms with Crippen LogP contribution in [0.15, 0.2) is 49.2 Å². The lowest BCUT2D eigenvalue weighted by atomic mass is 9.82. The average Bonchev–Trinajstić information content (AvgIpc) is 3.46. The number of hydrogen-bond donors (Lipinski definition) is 3. The number of rotatable bonds is 7. The number of carbonyl (C=O) groups is 1. The van der Waals surface area contributed by atoms with Crippen molar-refractivity contribution in [1.82, 2.24) is 24.8 Å². The van der Waals surface area contributed by atoms with Crippen molar-refractivity contribution in [1.29, 1.82) is 0 Å². The molecule has 1 aromatic carbocycles. The summed E-state index contributed by atoms with van der Waals surface area (Å²) in [5.74, 6) is -0.582. The van der Waals surface area contributed by atoms with E-state index >= 15 is 0 Å². The number of fused-ring (bicyclic) bond motifs is 1. The van der Waals surface area contributed by atoms with Crippen molar-refractivity contribution in [2.75, 3.05) is 11.9 Å². The number of imidazole rings is 1. The van der Waals surface area contributed by atoms with Gasteiger partial charge in [0.05, 0.1) is 23.3 Å². The smallest absolute Gasteiger partial charge is 0.434 e. The van der Waals surface area contributed by atoms with Gasteiger partial charge < -0.3 is 20.3 Å². The number of halogens is 4. The molecule has 13 heteroatoms. The van der Waals surface area contributed by atoms with Crippen LogP contribution in [0.5, 0.6) is 0 Å². The van der Waals surface area contributed by atoms with Gasteiger partial charge >= 0.3 is 12.3 Å². The van der Waals surface area contributed by atoms with Crippen molar-refractivity contribution in [3.8, 4) is 10.4 Å². The molecule has 0 radical (unpaired) electrons. The van der Waals surface area contributed by atoms with Gasteiger partial charge in [-0.1, -0.05) is 44.2 Å². The summed E-state index contributed by atoms with van der Waals surface area (Å²) in [6, 6.07) is 5.32. The maximum absolute atomic E-state index is 13.5. The van der Waals surface area contributed by atoms with Crippen LogP contribution in [0.25, 0.3) is 21.2 Å². The summed E-state index contributed by atoms with van der Waals surface area (Å²) in [4.78, 5) is 23.8. The molecule has 0 bridgehead atoms. The molecular formula is C24H24F4N6O2S. The largest absolute Gasteiger partial charge is 0.465 e. The zero-order chi connectivity index (χ0) is 27.0. The Morgan fingerprint density at radius 3 is 2.51 bits per heavy atom. The molecule has 4 aromatic rings. The number of nitrogens with zero attached hydrogens (tertiary/aromatic N) is 4. The van der Waals surface area contributed by atoms with E-state index in [4.69, 9.17) is 0 Å². The van der Waals surface area contributed by atoms with Gasteiger partial charge in [-0.25, -0.2) is 19.7 Å². The molecule has 2 atom stereocenters. The first-order valence-corrected chi connectivity index (χ1v) is 12.0. The molecule has 3 aromatic heterocycles. The summed E-state index contributed by atoms with van der Waals surface area (Å²) in [5.41, 5.74) is -0.879. The minimum atomic E-state index is -4.62. The number of hydrogen-bond acceptors (Lipinski definition) is 6. The highest BCUT2D eigenvalue weighted by Gasteiger charge is 2.38. The summed E-state index contributed by atoms with van der Waals surface area (Å²) < 4.78 is 54.3. The maximum atomic E-state index is 13.5. The van der Waals surface area contributed by atoms with Crippen molar-refractivity contribution in [3.63, 3.8) is 0 Å². The number of anilines is 1. The SMILES string of the molecule is CC(C)(C)[C@@H](C(CNc1ncc(-c2ccc3cnc(F)cc3c2)s1)NC(=O)O)n1cnc(C(F)(F)F)c1. The van der Waals surface area contributed by atoms with Gasteiger partial charge in [0.15, 0.2) is 10.8 Å². The van der Waals surface area contributed by atoms with Crippen molar-refractivity contribution >= 4 is 33.3 Å². The summed E-state index contributed by atoms with van der Waals surface area (Å²) in [6.07, 6.45) is -0.897. The first kappa shape index (κ1) is 26.3. The van der Waals surface area contributed by atoms with E-state index in [1.807, 2.05) is 18.2 Å². The standard InChI is InChI=1S/C24H24F4N6O2S/c1-23(2,3)20(34-11-18(32-12-34)24(26,27)28)16(33-22(35)36)9-30-21-31-10-17(37-21)13-4-5-14-8-29-19(25)7-15(14)6-13/h4-8,10-12,16,20,33H,9H2,1-3H3,(H,30,31)(H,35,36)/t16?,20-/m1/s1. The Labute approximate surface area is 213 Å². The Morgan fingerprint density at radius 1 is 1.11 bits per heavy atom. The number of nitrogens with one attached hydrogen (secondary N) is 2. The van der Waals surface area contributed by atoms with Crippen LogP contribution in [0.1, 0.15) is 32.5 Å². The quantitative estimate of drug-likeness (QED) is 0.196. The van der Waals surface area contributed by atoms with E-state index in [-0.39, 0.29) is 6.54 Å². The lowest BCUT2D eigenvalue weighted by Crippen LogP contribution is -2.49. The lowest BCUT2D eigenvalue weighted by molar-refractivity contribution is -0.141. The molecule has 196 valence electrons. The van der Waals surface area contributed by atoms with Crippen molar-refractivity contribution in [2.45, 2.75) is 39.0 Å². The minimum absolute atomic E-state index is 0.0509. The van der Waals surface area contributed by atoms with Crippen LogP contribution in [0.3, 0.4) is 0 Å². The van der Waals surface area contributed by atoms with Gasteiger partial charge in [0.25, 0.3) is 0 Å². The number of carboxylic acid groups (broad SMARTS) is 1. The summed E-state index contributed by atoms with van der Waals surface area (Å²) in [5, 5.41) is 16.9. The number of pyridine rings is 1. The van der Waals surface area contributed by atoms with Gasteiger partial charge in [-0.15, -0.1) is 0 Å². The maximum Gasteiger partial charge on any atom is 0.434 e. The fourth-order valence-corrected chi connectivity index (χ4v) is 5.07. The molecule has 8 nitrogen and oxygen atoms in total. The summed E-state index contributed by atoms with van der Waals surface area (Å²) >= 11 is 1.31. The van der Waals surface area contributed by atoms with E-state index in [1.54, 1.807) is 27.0 Å². The Hall–Kier alpha value is -3.74. The van der Waals surface area contributed by atoms with E-state index in [1.165, 1.54) is 28.2 Å². The fourth-order valence-electron chi connectivity index (χ4n) is 4.25. The second-order valence-electron chi connectivity index (χ2n) is 9.55. The minimum Gasteiger partial charge on any atom is -0.465 e. The molecule has 37 heavy (non-hydrogen) atoms. The average molecular weight is 537 g/mol. The third kappa shape index (κ3) is 6.16. The van der Waals surface area contributed by atoms with Crippen molar-refractivity contribution in [3.05, 3.63) is 60.8 Å². The molecule has 3 heterocycles. The number of thiazole rings is 1. The molecule has 0 saturated carbocycles. The lowest BCUT2D eigenvalue weighted by Gasteiger charge is -2.38. The highest BCUT2D eigenvalue weighted by molar-refractivity contribution is 7.18. The van der Waals surface area contributed by atoms with Gasteiger partial charge in [-0.3, -0.25) is 0 Å². The molecular weight excluding hydrogens is 512 g/mol. The van der Waals surface area contributed by atoms with Gasteiger partial charge in [0.2, 0.25) is 5.95 Å². The highest BCUT2D eigenvalue weighted by atomic mass is 32.1. The van der Waals surface area contributed by atoms with E-state index in [2.05, 4.69) is 25.6 Å². The van der Waals surface area contributed by atoms with Gasteiger partial charge in [-0.05, 0) is 22.4 Å². The molecule has 1 amide bonds. The van der Waals surface area contributed by atoms with Gasteiger partial charge in [0, 0.05) is 36.6 Å². The second-order valence-corrected chi connectivity index (χ2v) is 10.6. The van der Waals surface area contributed by atoms with Crippen molar-refractivity contribution < 1.29 is 27.5 Å². The van der Waals surface area contributed by atoms with Crippen LogP contribution >= 0.6 is 11.3 Å². The predicted octanol–water partition coefficient (Wildman–Crippen LogP) is 6.05. The summed E-state index contributed by atoms with van der Waals surface area (Å²) in [6.45, 7) is 5.47. The van der Waals surface area contributed by atoms with Crippen LogP contribution < -0.4 is 10.6 Å². The van der Waals surface area contributed by atoms with E-state index in [0.29, 0.717) is 10.5 Å². The molecule has 0 spiro atoms. The van der Waals surface area contributed by atoms with Crippen molar-refractivity contribution in [2.24, 2.45) is 5.41 Å². The molecule has 3 N–H and O–H groups in total. The fraction of sp³-hybridized carbons (Fsp3) is 0.333. The predicted molar refractivity (Wildman–Crippen MR) is 132 cm³/mol. The third-order valence-electron chi connectivity index (χ3n) is 5.74. The second kappa shape index (κ2) is 9.96. The van der Waals surface area contributed by atoms with Crippen LogP contribution in [-0.2, 0) is 6.18 Å². The molecule has 0 aliphatic carbocycles. The Bertz CT molecular complexity index is 1410. The first-order chi connectivity index (χ1) is 17.3. The van der Waals surface area contributed by atoms with E-state index < -0.39 is 41.4 Å². The topological polar surface area (TPSA) is 105 Å². The number of alkyl halides is 3. The Morgan fingerprint density at radius 2 is 1.86 bits per heavy atom. The van der Waals surface area contributed by atoms with E-state index in [0.717, 1.165) is 28.4 Å². The van der Waals surface area contributed by atoms with Crippen LogP contribution in [0.2, 0.25) is 0 Å². The third-order valence-corrected chi connectivity index (χ3v) is 6.75. The molecule has 0 aliphatic heterocycles. The summed E-state index contributed by atoms with van der Waals surface area (Å²) in [7, 11) is 0. The monoisotopic (exact) mass is 536 g/mol.